The molecule has 10 nitrogen and oxygen atoms in total. The zero-order chi connectivity index (χ0) is 35.3. The van der Waals surface area contributed by atoms with Crippen LogP contribution in [-0.2, 0) is 18.6 Å². The fraction of sp³-hybridized carbons (Fsp3) is 0.243. The molecule has 4 heterocycles. The summed E-state index contributed by atoms with van der Waals surface area (Å²) in [5, 5.41) is 29.5. The molecule has 0 radical (unpaired) electrons. The number of anilines is 2. The molecular weight excluding hydrogens is 680 g/mol. The van der Waals surface area contributed by atoms with E-state index in [9.17, 15) is 14.6 Å². The number of pyridine rings is 4. The smallest absolute Gasteiger partial charge is 0.217 e. The molecule has 0 saturated carbocycles. The Balaban J connectivity index is 1.38. The molecule has 50 heavy (non-hydrogen) atoms. The maximum atomic E-state index is 14.5. The van der Waals surface area contributed by atoms with Crippen LogP contribution in [0.3, 0.4) is 0 Å². The quantitative estimate of drug-likeness (QED) is 0.0903. The Kier molecular flexibility index (Phi) is 10.9. The summed E-state index contributed by atoms with van der Waals surface area (Å²) in [4.78, 5) is 18.4. The van der Waals surface area contributed by atoms with Gasteiger partial charge in [-0.3, -0.25) is 9.97 Å². The first-order valence-corrected chi connectivity index (χ1v) is 16.7. The van der Waals surface area contributed by atoms with Gasteiger partial charge in [-0.1, -0.05) is 54.1 Å². The summed E-state index contributed by atoms with van der Waals surface area (Å²) in [7, 11) is 1.53. The van der Waals surface area contributed by atoms with Gasteiger partial charge >= 0.3 is 0 Å². The molecule has 0 bridgehead atoms. The molecule has 1 aromatic carbocycles. The summed E-state index contributed by atoms with van der Waals surface area (Å²) in [6, 6.07) is 16.2. The molecule has 6 rings (SSSR count). The number of ether oxygens (including phenoxy) is 1. The monoisotopic (exact) mass is 715 g/mol. The Bertz CT molecular complexity index is 2060. The minimum absolute atomic E-state index is 0.222. The first kappa shape index (κ1) is 35.2. The number of allylic oxidation sites excluding steroid dienone is 2. The zero-order valence-electron chi connectivity index (χ0n) is 27.4. The first-order chi connectivity index (χ1) is 24.3. The van der Waals surface area contributed by atoms with Crippen LogP contribution in [0.5, 0.6) is 5.88 Å². The molecule has 258 valence electrons. The number of aryl methyl sites for hydroxylation is 1. The van der Waals surface area contributed by atoms with E-state index in [1.165, 1.54) is 7.11 Å². The number of methoxy groups -OCH3 is 1. The second-order valence-electron chi connectivity index (χ2n) is 11.8. The number of fused-ring (bicyclic) bond motifs is 1. The molecule has 13 heteroatoms. The van der Waals surface area contributed by atoms with E-state index in [1.54, 1.807) is 31.6 Å². The highest BCUT2D eigenvalue weighted by Gasteiger charge is 2.44. The standard InChI is InChI=1S/C37H36Cl2FN7O3/c1-22-32(40)30(12-15-41-22)44-17-23-16-24-11-14-42-35(33(24)45-18-23)47-37(13-5-7-28(34(37)39)27-6-3-4-8-29(27)38)31-10-9-25(36(46-31)50-2)19-43-26(20-48)21-49/h3-16,18,26,34,43,48-49H,17,19-21H2,1-2H3,(H,41,44)(H,42,47). The van der Waals surface area contributed by atoms with Gasteiger partial charge in [0.1, 0.15) is 11.1 Å². The van der Waals surface area contributed by atoms with E-state index in [0.29, 0.717) is 52.4 Å². The largest absolute Gasteiger partial charge is 0.481 e. The predicted molar refractivity (Wildman–Crippen MR) is 195 cm³/mol. The van der Waals surface area contributed by atoms with Gasteiger partial charge in [0.25, 0.3) is 0 Å². The molecule has 0 aliphatic heterocycles. The van der Waals surface area contributed by atoms with Crippen molar-refractivity contribution < 1.29 is 19.3 Å². The van der Waals surface area contributed by atoms with Gasteiger partial charge in [0.2, 0.25) is 5.88 Å². The average Bonchev–Trinajstić information content (AvgIpc) is 3.14. The Labute approximate surface area is 299 Å². The molecule has 0 spiro atoms. The van der Waals surface area contributed by atoms with E-state index in [1.807, 2.05) is 66.8 Å². The highest BCUT2D eigenvalue weighted by molar-refractivity contribution is 6.34. The van der Waals surface area contributed by atoms with Crippen molar-refractivity contribution >= 4 is 51.2 Å². The summed E-state index contributed by atoms with van der Waals surface area (Å²) < 4.78 is 20.3. The third-order valence-corrected chi connectivity index (χ3v) is 9.51. The van der Waals surface area contributed by atoms with Gasteiger partial charge in [0, 0.05) is 47.7 Å². The van der Waals surface area contributed by atoms with Crippen molar-refractivity contribution in [2.75, 3.05) is 31.0 Å². The third-order valence-electron chi connectivity index (χ3n) is 8.60. The summed E-state index contributed by atoms with van der Waals surface area (Å²) >= 11 is 14.2. The number of hydrogen-bond acceptors (Lipinski definition) is 10. The van der Waals surface area contributed by atoms with E-state index < -0.39 is 22.8 Å². The lowest BCUT2D eigenvalue weighted by Gasteiger charge is -2.39. The Hall–Kier alpha value is -4.65. The molecule has 5 aromatic rings. The van der Waals surface area contributed by atoms with E-state index in [2.05, 4.69) is 20.9 Å². The number of nitrogens with zero attached hydrogens (tertiary/aromatic N) is 4. The topological polar surface area (TPSA) is 137 Å². The summed E-state index contributed by atoms with van der Waals surface area (Å²) in [5.74, 6) is 0.422. The molecule has 4 aromatic heterocycles. The van der Waals surface area contributed by atoms with Crippen LogP contribution in [0.2, 0.25) is 5.02 Å². The van der Waals surface area contributed by atoms with E-state index >= 15 is 0 Å². The third kappa shape index (κ3) is 7.14. The summed E-state index contributed by atoms with van der Waals surface area (Å²) in [6.45, 7) is 1.82. The second kappa shape index (κ2) is 15.5. The van der Waals surface area contributed by atoms with Crippen LogP contribution in [0.25, 0.3) is 16.5 Å². The van der Waals surface area contributed by atoms with Gasteiger partial charge in [-0.2, -0.15) is 0 Å². The van der Waals surface area contributed by atoms with Crippen LogP contribution >= 0.6 is 23.2 Å². The number of nitrogens with one attached hydrogen (secondary N) is 3. The maximum absolute atomic E-state index is 14.5. The van der Waals surface area contributed by atoms with Crippen LogP contribution in [-0.4, -0.2) is 61.9 Å². The molecular formula is C37H36Cl2FN7O3. The van der Waals surface area contributed by atoms with Crippen LogP contribution in [0.4, 0.5) is 15.9 Å². The Morgan fingerprint density at radius 2 is 1.82 bits per heavy atom. The van der Waals surface area contributed by atoms with E-state index in [4.69, 9.17) is 42.9 Å². The molecule has 2 atom stereocenters. The highest BCUT2D eigenvalue weighted by atomic mass is 35.5. The van der Waals surface area contributed by atoms with E-state index in [0.717, 1.165) is 27.6 Å². The summed E-state index contributed by atoms with van der Waals surface area (Å²) in [5.41, 5.74) is 3.77. The second-order valence-corrected chi connectivity index (χ2v) is 12.7. The first-order valence-electron chi connectivity index (χ1n) is 15.9. The van der Waals surface area contributed by atoms with Crippen molar-refractivity contribution in [3.63, 3.8) is 0 Å². The number of aliphatic hydroxyl groups is 2. The number of alkyl halides is 1. The minimum atomic E-state index is -1.16. The van der Waals surface area contributed by atoms with Crippen LogP contribution in [0.15, 0.2) is 91.4 Å². The van der Waals surface area contributed by atoms with Crippen LogP contribution in [0.1, 0.15) is 28.1 Å². The number of benzene rings is 1. The Morgan fingerprint density at radius 1 is 1.02 bits per heavy atom. The predicted octanol–water partition coefficient (Wildman–Crippen LogP) is 6.15. The van der Waals surface area contributed by atoms with Gasteiger partial charge in [-0.15, -0.1) is 11.6 Å². The van der Waals surface area contributed by atoms with Gasteiger partial charge in [0.05, 0.1) is 48.8 Å². The number of halogens is 3. The molecule has 1 aliphatic carbocycles. The van der Waals surface area contributed by atoms with Crippen molar-refractivity contribution in [1.82, 2.24) is 25.3 Å². The molecule has 0 fully saturated rings. The van der Waals surface area contributed by atoms with Gasteiger partial charge in [-0.05, 0) is 54.0 Å². The highest BCUT2D eigenvalue weighted by Crippen LogP contribution is 2.45. The van der Waals surface area contributed by atoms with Crippen molar-refractivity contribution in [1.29, 1.82) is 0 Å². The number of aromatic nitrogens is 4. The lowest BCUT2D eigenvalue weighted by atomic mass is 9.80. The lowest BCUT2D eigenvalue weighted by Crippen LogP contribution is -2.45. The van der Waals surface area contributed by atoms with Gasteiger partial charge in [0.15, 0.2) is 11.6 Å². The molecule has 1 aliphatic rings. The lowest BCUT2D eigenvalue weighted by molar-refractivity contribution is 0.170. The van der Waals surface area contributed by atoms with Crippen molar-refractivity contribution in [2.45, 2.75) is 37.0 Å². The van der Waals surface area contributed by atoms with Crippen molar-refractivity contribution in [3.8, 4) is 5.88 Å². The number of rotatable bonds is 13. The van der Waals surface area contributed by atoms with Gasteiger partial charge in [-0.25, -0.2) is 14.4 Å². The van der Waals surface area contributed by atoms with Gasteiger partial charge < -0.3 is 30.9 Å². The minimum Gasteiger partial charge on any atom is -0.481 e. The summed E-state index contributed by atoms with van der Waals surface area (Å²) in [6.07, 6.45) is 10.7. The van der Waals surface area contributed by atoms with Crippen LogP contribution < -0.4 is 20.7 Å². The van der Waals surface area contributed by atoms with Crippen molar-refractivity contribution in [2.24, 2.45) is 0 Å². The molecule has 5 N–H and O–H groups in total. The number of aliphatic hydroxyl groups excluding tert-OH is 2. The molecule has 2 unspecified atom stereocenters. The fourth-order valence-electron chi connectivity index (χ4n) is 5.85. The maximum Gasteiger partial charge on any atom is 0.217 e. The van der Waals surface area contributed by atoms with Crippen molar-refractivity contribution in [3.05, 3.63) is 130 Å². The molecule has 0 saturated heterocycles. The number of hydrogen-bond donors (Lipinski definition) is 5. The average molecular weight is 717 g/mol. The zero-order valence-corrected chi connectivity index (χ0v) is 28.9. The van der Waals surface area contributed by atoms with Crippen LogP contribution in [0, 0.1) is 12.7 Å². The molecule has 0 amide bonds. The fourth-order valence-corrected chi connectivity index (χ4v) is 6.52. The van der Waals surface area contributed by atoms with E-state index in [-0.39, 0.29) is 13.2 Å². The Morgan fingerprint density at radius 3 is 2.60 bits per heavy atom. The SMILES string of the molecule is COc1nc(C2(Nc3nccc4cc(CNc5ccnc(C)c5F)cnc34)C=CC=C(c3ccccc3Cl)C2Cl)ccc1CNC(CO)CO. The normalized spacial score (nSPS) is 17.2.